The standard InChI is InChI=1S/C16H18F2N2O/c1-16(2)7-3-4-11(16)14-13(15(19)21-20-14)10-6-5-9(17)8-12(10)18/h5-6,8,11H,3-4,7,19H2,1-2H3. The third kappa shape index (κ3) is 2.30. The van der Waals surface area contributed by atoms with E-state index in [4.69, 9.17) is 10.3 Å². The van der Waals surface area contributed by atoms with Crippen molar-refractivity contribution >= 4 is 5.88 Å². The van der Waals surface area contributed by atoms with Gasteiger partial charge in [0.15, 0.2) is 0 Å². The maximum atomic E-state index is 14.1. The van der Waals surface area contributed by atoms with Crippen LogP contribution in [0.2, 0.25) is 0 Å². The molecule has 0 radical (unpaired) electrons. The molecule has 1 atom stereocenters. The monoisotopic (exact) mass is 292 g/mol. The Labute approximate surface area is 122 Å². The van der Waals surface area contributed by atoms with E-state index >= 15 is 0 Å². The highest BCUT2D eigenvalue weighted by Gasteiger charge is 2.39. The molecular formula is C16H18F2N2O. The summed E-state index contributed by atoms with van der Waals surface area (Å²) in [6.45, 7) is 4.33. The lowest BCUT2D eigenvalue weighted by Crippen LogP contribution is -2.16. The summed E-state index contributed by atoms with van der Waals surface area (Å²) in [6.07, 6.45) is 3.14. The number of nitrogens with zero attached hydrogens (tertiary/aromatic N) is 1. The van der Waals surface area contributed by atoms with Gasteiger partial charge in [0.1, 0.15) is 11.6 Å². The normalized spacial score (nSPS) is 20.9. The van der Waals surface area contributed by atoms with E-state index < -0.39 is 11.6 Å². The van der Waals surface area contributed by atoms with Crippen molar-refractivity contribution in [2.24, 2.45) is 5.41 Å². The molecule has 21 heavy (non-hydrogen) atoms. The van der Waals surface area contributed by atoms with Crippen molar-refractivity contribution in [2.75, 3.05) is 5.73 Å². The Morgan fingerprint density at radius 2 is 2.10 bits per heavy atom. The van der Waals surface area contributed by atoms with E-state index in [0.29, 0.717) is 11.3 Å². The summed E-state index contributed by atoms with van der Waals surface area (Å²) in [5.41, 5.74) is 7.30. The van der Waals surface area contributed by atoms with Crippen LogP contribution in [0.25, 0.3) is 11.1 Å². The number of nitrogen functional groups attached to an aromatic ring is 1. The van der Waals surface area contributed by atoms with Crippen LogP contribution >= 0.6 is 0 Å². The van der Waals surface area contributed by atoms with Crippen molar-refractivity contribution in [1.29, 1.82) is 0 Å². The van der Waals surface area contributed by atoms with E-state index in [1.807, 2.05) is 0 Å². The van der Waals surface area contributed by atoms with Crippen molar-refractivity contribution in [1.82, 2.24) is 5.16 Å². The van der Waals surface area contributed by atoms with E-state index in [9.17, 15) is 8.78 Å². The van der Waals surface area contributed by atoms with Crippen LogP contribution in [0.15, 0.2) is 22.7 Å². The third-order valence-corrected chi connectivity index (χ3v) is 4.53. The molecule has 0 spiro atoms. The van der Waals surface area contributed by atoms with Gasteiger partial charge in [0, 0.05) is 17.5 Å². The Bertz CT molecular complexity index is 679. The average molecular weight is 292 g/mol. The molecule has 2 aromatic rings. The summed E-state index contributed by atoms with van der Waals surface area (Å²) in [5.74, 6) is -1.02. The van der Waals surface area contributed by atoms with E-state index in [1.54, 1.807) is 0 Å². The predicted octanol–water partition coefficient (Wildman–Crippen LogP) is 4.50. The van der Waals surface area contributed by atoms with E-state index in [-0.39, 0.29) is 22.8 Å². The molecular weight excluding hydrogens is 274 g/mol. The molecule has 0 aliphatic heterocycles. The maximum Gasteiger partial charge on any atom is 0.230 e. The fourth-order valence-electron chi connectivity index (χ4n) is 3.35. The number of hydrogen-bond donors (Lipinski definition) is 1. The molecule has 1 aliphatic carbocycles. The van der Waals surface area contributed by atoms with E-state index in [0.717, 1.165) is 25.3 Å². The zero-order valence-electron chi connectivity index (χ0n) is 12.1. The number of benzene rings is 1. The van der Waals surface area contributed by atoms with Crippen LogP contribution in [0.4, 0.5) is 14.7 Å². The van der Waals surface area contributed by atoms with Crippen LogP contribution in [-0.2, 0) is 0 Å². The fourth-order valence-corrected chi connectivity index (χ4v) is 3.35. The minimum Gasteiger partial charge on any atom is -0.367 e. The van der Waals surface area contributed by atoms with Gasteiger partial charge in [-0.2, -0.15) is 0 Å². The van der Waals surface area contributed by atoms with Crippen molar-refractivity contribution in [3.8, 4) is 11.1 Å². The van der Waals surface area contributed by atoms with Crippen molar-refractivity contribution < 1.29 is 13.3 Å². The SMILES string of the molecule is CC1(C)CCCC1c1noc(N)c1-c1ccc(F)cc1F. The van der Waals surface area contributed by atoms with Gasteiger partial charge in [-0.15, -0.1) is 0 Å². The summed E-state index contributed by atoms with van der Waals surface area (Å²) >= 11 is 0. The number of nitrogens with two attached hydrogens (primary N) is 1. The third-order valence-electron chi connectivity index (χ3n) is 4.53. The van der Waals surface area contributed by atoms with Crippen molar-refractivity contribution in [3.63, 3.8) is 0 Å². The number of hydrogen-bond acceptors (Lipinski definition) is 3. The Morgan fingerprint density at radius 3 is 2.71 bits per heavy atom. The molecule has 5 heteroatoms. The molecule has 1 unspecified atom stereocenters. The average Bonchev–Trinajstić information content (AvgIpc) is 2.92. The second-order valence-corrected chi connectivity index (χ2v) is 6.36. The Hall–Kier alpha value is -1.91. The Balaban J connectivity index is 2.13. The molecule has 1 aromatic heterocycles. The fraction of sp³-hybridized carbons (Fsp3) is 0.438. The summed E-state index contributed by atoms with van der Waals surface area (Å²) in [5, 5.41) is 4.07. The molecule has 3 nitrogen and oxygen atoms in total. The molecule has 0 saturated heterocycles. The smallest absolute Gasteiger partial charge is 0.230 e. The molecule has 112 valence electrons. The van der Waals surface area contributed by atoms with Gasteiger partial charge in [0.05, 0.1) is 11.3 Å². The first-order valence-corrected chi connectivity index (χ1v) is 7.10. The van der Waals surface area contributed by atoms with E-state index in [2.05, 4.69) is 19.0 Å². The number of halogens is 2. The van der Waals surface area contributed by atoms with Gasteiger partial charge < -0.3 is 10.3 Å². The minimum absolute atomic E-state index is 0.0641. The largest absolute Gasteiger partial charge is 0.367 e. The molecule has 1 fully saturated rings. The highest BCUT2D eigenvalue weighted by Crippen LogP contribution is 2.51. The number of rotatable bonds is 2. The molecule has 0 bridgehead atoms. The quantitative estimate of drug-likeness (QED) is 0.887. The molecule has 1 aromatic carbocycles. The first-order chi connectivity index (χ1) is 9.90. The summed E-state index contributed by atoms with van der Waals surface area (Å²) in [7, 11) is 0. The summed E-state index contributed by atoms with van der Waals surface area (Å²) in [6, 6.07) is 3.46. The van der Waals surface area contributed by atoms with Gasteiger partial charge in [0.2, 0.25) is 5.88 Å². The second-order valence-electron chi connectivity index (χ2n) is 6.36. The van der Waals surface area contributed by atoms with Crippen LogP contribution in [0, 0.1) is 17.0 Å². The second kappa shape index (κ2) is 4.83. The zero-order valence-corrected chi connectivity index (χ0v) is 12.1. The van der Waals surface area contributed by atoms with Crippen molar-refractivity contribution in [3.05, 3.63) is 35.5 Å². The van der Waals surface area contributed by atoms with Gasteiger partial charge in [0.25, 0.3) is 0 Å². The van der Waals surface area contributed by atoms with Gasteiger partial charge in [-0.25, -0.2) is 8.78 Å². The van der Waals surface area contributed by atoms with Crippen LogP contribution in [-0.4, -0.2) is 5.16 Å². The lowest BCUT2D eigenvalue weighted by atomic mass is 9.78. The molecule has 1 heterocycles. The molecule has 2 N–H and O–H groups in total. The topological polar surface area (TPSA) is 52.0 Å². The molecule has 3 rings (SSSR count). The Kier molecular flexibility index (Phi) is 3.23. The lowest BCUT2D eigenvalue weighted by Gasteiger charge is -2.25. The molecule has 1 aliphatic rings. The van der Waals surface area contributed by atoms with Gasteiger partial charge in [-0.05, 0) is 30.4 Å². The van der Waals surface area contributed by atoms with Gasteiger partial charge in [-0.1, -0.05) is 25.4 Å². The van der Waals surface area contributed by atoms with E-state index in [1.165, 1.54) is 12.1 Å². The minimum atomic E-state index is -0.651. The van der Waals surface area contributed by atoms with Crippen LogP contribution in [0.1, 0.15) is 44.7 Å². The first kappa shape index (κ1) is 14.0. The number of aromatic nitrogens is 1. The number of anilines is 1. The predicted molar refractivity (Wildman–Crippen MR) is 76.6 cm³/mol. The van der Waals surface area contributed by atoms with Gasteiger partial charge in [-0.3, -0.25) is 0 Å². The highest BCUT2D eigenvalue weighted by atomic mass is 19.1. The maximum absolute atomic E-state index is 14.1. The molecule has 0 amide bonds. The highest BCUT2D eigenvalue weighted by molar-refractivity contribution is 5.76. The lowest BCUT2D eigenvalue weighted by molar-refractivity contribution is 0.314. The molecule has 1 saturated carbocycles. The van der Waals surface area contributed by atoms with Crippen LogP contribution < -0.4 is 5.73 Å². The van der Waals surface area contributed by atoms with Gasteiger partial charge >= 0.3 is 0 Å². The Morgan fingerprint density at radius 1 is 1.33 bits per heavy atom. The van der Waals surface area contributed by atoms with Crippen LogP contribution in [0.3, 0.4) is 0 Å². The zero-order chi connectivity index (χ0) is 15.2. The van der Waals surface area contributed by atoms with Crippen molar-refractivity contribution in [2.45, 2.75) is 39.0 Å². The summed E-state index contributed by atoms with van der Waals surface area (Å²) in [4.78, 5) is 0. The summed E-state index contributed by atoms with van der Waals surface area (Å²) < 4.78 is 32.3. The van der Waals surface area contributed by atoms with Crippen LogP contribution in [0.5, 0.6) is 0 Å². The first-order valence-electron chi connectivity index (χ1n) is 7.10.